The topological polar surface area (TPSA) is 73.9 Å². The van der Waals surface area contributed by atoms with Crippen LogP contribution in [-0.4, -0.2) is 37.6 Å². The summed E-state index contributed by atoms with van der Waals surface area (Å²) >= 11 is 0. The van der Waals surface area contributed by atoms with Gasteiger partial charge in [-0.3, -0.25) is 4.79 Å². The minimum atomic E-state index is -0.740. The number of amides is 1. The van der Waals surface area contributed by atoms with Gasteiger partial charge in [0.1, 0.15) is 12.6 Å². The maximum Gasteiger partial charge on any atom is 0.407 e. The van der Waals surface area contributed by atoms with E-state index >= 15 is 0 Å². The minimum absolute atomic E-state index is 0.0892. The van der Waals surface area contributed by atoms with E-state index in [1.54, 1.807) is 0 Å². The highest BCUT2D eigenvalue weighted by atomic mass is 16.7. The maximum absolute atomic E-state index is 11.3. The van der Waals surface area contributed by atoms with Crippen molar-refractivity contribution in [1.82, 2.24) is 5.32 Å². The molecule has 0 bridgehead atoms. The van der Waals surface area contributed by atoms with Crippen LogP contribution in [0.2, 0.25) is 0 Å². The SMILES string of the molecule is C=CCOC(=O)NC1CC(=O)OC1OCC(C)C. The number of carbonyl (C=O) groups is 2. The summed E-state index contributed by atoms with van der Waals surface area (Å²) in [4.78, 5) is 22.5. The van der Waals surface area contributed by atoms with E-state index in [4.69, 9.17) is 14.2 Å². The third kappa shape index (κ3) is 4.75. The molecule has 102 valence electrons. The minimum Gasteiger partial charge on any atom is -0.445 e. The van der Waals surface area contributed by atoms with Crippen LogP contribution in [0.1, 0.15) is 20.3 Å². The Morgan fingerprint density at radius 2 is 2.39 bits per heavy atom. The first-order valence-electron chi connectivity index (χ1n) is 5.88. The van der Waals surface area contributed by atoms with Crippen LogP contribution in [0.5, 0.6) is 0 Å². The van der Waals surface area contributed by atoms with Gasteiger partial charge in [-0.25, -0.2) is 4.79 Å². The second kappa shape index (κ2) is 7.00. The Morgan fingerprint density at radius 3 is 3.00 bits per heavy atom. The summed E-state index contributed by atoms with van der Waals surface area (Å²) in [5.74, 6) is -0.0737. The van der Waals surface area contributed by atoms with Crippen molar-refractivity contribution in [2.24, 2.45) is 5.92 Å². The largest absolute Gasteiger partial charge is 0.445 e. The maximum atomic E-state index is 11.3. The predicted molar refractivity (Wildman–Crippen MR) is 63.8 cm³/mol. The summed E-state index contributed by atoms with van der Waals surface area (Å²) in [7, 11) is 0. The van der Waals surface area contributed by atoms with E-state index in [0.717, 1.165) is 0 Å². The Hall–Kier alpha value is -1.56. The summed E-state index contributed by atoms with van der Waals surface area (Å²) in [6.07, 6.45) is 0.196. The van der Waals surface area contributed by atoms with E-state index in [2.05, 4.69) is 11.9 Å². The van der Waals surface area contributed by atoms with E-state index in [1.807, 2.05) is 13.8 Å². The zero-order valence-corrected chi connectivity index (χ0v) is 10.7. The Balaban J connectivity index is 2.42. The van der Waals surface area contributed by atoms with Crippen LogP contribution in [0.25, 0.3) is 0 Å². The second-order valence-electron chi connectivity index (χ2n) is 4.43. The van der Waals surface area contributed by atoms with Crippen LogP contribution < -0.4 is 5.32 Å². The van der Waals surface area contributed by atoms with Crippen molar-refractivity contribution >= 4 is 12.1 Å². The van der Waals surface area contributed by atoms with Crippen molar-refractivity contribution in [1.29, 1.82) is 0 Å². The third-order valence-corrected chi connectivity index (χ3v) is 2.19. The van der Waals surface area contributed by atoms with Crippen LogP contribution in [0, 0.1) is 5.92 Å². The molecule has 6 heteroatoms. The highest BCUT2D eigenvalue weighted by molar-refractivity contribution is 5.75. The summed E-state index contributed by atoms with van der Waals surface area (Å²) < 4.78 is 15.2. The Morgan fingerprint density at radius 1 is 1.67 bits per heavy atom. The van der Waals surface area contributed by atoms with E-state index in [-0.39, 0.29) is 13.0 Å². The van der Waals surface area contributed by atoms with Crippen LogP contribution >= 0.6 is 0 Å². The number of cyclic esters (lactones) is 1. The zero-order chi connectivity index (χ0) is 13.5. The Kier molecular flexibility index (Phi) is 5.64. The fourth-order valence-corrected chi connectivity index (χ4v) is 1.42. The molecule has 2 atom stereocenters. The average molecular weight is 257 g/mol. The number of alkyl carbamates (subject to hydrolysis) is 1. The Labute approximate surface area is 106 Å². The number of esters is 1. The fraction of sp³-hybridized carbons (Fsp3) is 0.667. The van der Waals surface area contributed by atoms with Crippen LogP contribution in [0.15, 0.2) is 12.7 Å². The van der Waals surface area contributed by atoms with Crippen molar-refractivity contribution in [3.8, 4) is 0 Å². The first-order chi connectivity index (χ1) is 8.52. The highest BCUT2D eigenvalue weighted by Crippen LogP contribution is 2.17. The second-order valence-corrected chi connectivity index (χ2v) is 4.43. The van der Waals surface area contributed by atoms with Gasteiger partial charge in [-0.2, -0.15) is 0 Å². The van der Waals surface area contributed by atoms with Gasteiger partial charge in [-0.05, 0) is 5.92 Å². The Bertz CT molecular complexity index is 316. The van der Waals surface area contributed by atoms with E-state index in [1.165, 1.54) is 6.08 Å². The molecule has 1 heterocycles. The van der Waals surface area contributed by atoms with Gasteiger partial charge in [-0.1, -0.05) is 26.5 Å². The lowest BCUT2D eigenvalue weighted by atomic mass is 10.2. The molecule has 1 saturated heterocycles. The molecule has 0 aliphatic carbocycles. The zero-order valence-electron chi connectivity index (χ0n) is 10.7. The normalized spacial score (nSPS) is 22.7. The average Bonchev–Trinajstić information content (AvgIpc) is 2.64. The van der Waals surface area contributed by atoms with Crippen molar-refractivity contribution in [3.63, 3.8) is 0 Å². The number of nitrogens with one attached hydrogen (secondary N) is 1. The van der Waals surface area contributed by atoms with Crippen molar-refractivity contribution in [3.05, 3.63) is 12.7 Å². The molecule has 1 aliphatic heterocycles. The van der Waals surface area contributed by atoms with Gasteiger partial charge >= 0.3 is 12.1 Å². The molecule has 0 aromatic heterocycles. The van der Waals surface area contributed by atoms with Gasteiger partial charge in [0.05, 0.1) is 13.0 Å². The van der Waals surface area contributed by atoms with Crippen LogP contribution in [-0.2, 0) is 19.0 Å². The smallest absolute Gasteiger partial charge is 0.407 e. The summed E-state index contributed by atoms with van der Waals surface area (Å²) in [6, 6.07) is -0.506. The van der Waals surface area contributed by atoms with Gasteiger partial charge in [0.2, 0.25) is 6.29 Å². The molecule has 0 aromatic rings. The number of ether oxygens (including phenoxy) is 3. The highest BCUT2D eigenvalue weighted by Gasteiger charge is 2.37. The lowest BCUT2D eigenvalue weighted by Gasteiger charge is -2.19. The predicted octanol–water partition coefficient (Wildman–Crippen LogP) is 1.21. The molecule has 1 amide bonds. The van der Waals surface area contributed by atoms with Gasteiger partial charge < -0.3 is 19.5 Å². The molecule has 0 spiro atoms. The molecule has 0 saturated carbocycles. The van der Waals surface area contributed by atoms with Gasteiger partial charge in [0, 0.05) is 0 Å². The first kappa shape index (κ1) is 14.5. The van der Waals surface area contributed by atoms with Crippen molar-refractivity contribution < 1.29 is 23.8 Å². The molecule has 1 rings (SSSR count). The van der Waals surface area contributed by atoms with Gasteiger partial charge in [0.25, 0.3) is 0 Å². The molecule has 0 aromatic carbocycles. The molecule has 1 N–H and O–H groups in total. The molecule has 0 radical (unpaired) electrons. The summed E-state index contributed by atoms with van der Waals surface area (Å²) in [6.45, 7) is 7.97. The number of hydrogen-bond acceptors (Lipinski definition) is 5. The molecule has 1 aliphatic rings. The van der Waals surface area contributed by atoms with E-state index < -0.39 is 24.4 Å². The van der Waals surface area contributed by atoms with Gasteiger partial charge in [0.15, 0.2) is 0 Å². The van der Waals surface area contributed by atoms with Crippen LogP contribution in [0.3, 0.4) is 0 Å². The molecule has 2 unspecified atom stereocenters. The van der Waals surface area contributed by atoms with Gasteiger partial charge in [-0.15, -0.1) is 0 Å². The number of hydrogen-bond donors (Lipinski definition) is 1. The van der Waals surface area contributed by atoms with E-state index in [0.29, 0.717) is 12.5 Å². The summed E-state index contributed by atoms with van der Waals surface area (Å²) in [5, 5.41) is 2.54. The van der Waals surface area contributed by atoms with Crippen molar-refractivity contribution in [2.75, 3.05) is 13.2 Å². The lowest BCUT2D eigenvalue weighted by Crippen LogP contribution is -2.42. The monoisotopic (exact) mass is 257 g/mol. The number of carbonyl (C=O) groups excluding carboxylic acids is 2. The third-order valence-electron chi connectivity index (χ3n) is 2.19. The first-order valence-corrected chi connectivity index (χ1v) is 5.88. The van der Waals surface area contributed by atoms with Crippen molar-refractivity contribution in [2.45, 2.75) is 32.6 Å². The standard InChI is InChI=1S/C12H19NO5/c1-4-5-16-12(15)13-9-6-10(14)18-11(9)17-7-8(2)3/h4,8-9,11H,1,5-7H2,2-3H3,(H,13,15). The molecule has 1 fully saturated rings. The quantitative estimate of drug-likeness (QED) is 0.572. The molecule has 6 nitrogen and oxygen atoms in total. The fourth-order valence-electron chi connectivity index (χ4n) is 1.42. The molecular weight excluding hydrogens is 238 g/mol. The lowest BCUT2D eigenvalue weighted by molar-refractivity contribution is -0.166. The number of rotatable bonds is 6. The molecular formula is C12H19NO5. The molecule has 18 heavy (non-hydrogen) atoms. The van der Waals surface area contributed by atoms with E-state index in [9.17, 15) is 9.59 Å². The van der Waals surface area contributed by atoms with Crippen LogP contribution in [0.4, 0.5) is 4.79 Å². The summed E-state index contributed by atoms with van der Waals surface area (Å²) in [5.41, 5.74) is 0.